The quantitative estimate of drug-likeness (QED) is 0.829. The van der Waals surface area contributed by atoms with Gasteiger partial charge in [-0.25, -0.2) is 0 Å². The summed E-state index contributed by atoms with van der Waals surface area (Å²) in [5, 5.41) is 12.6. The summed E-state index contributed by atoms with van der Waals surface area (Å²) in [4.78, 5) is 24.3. The second-order valence-corrected chi connectivity index (χ2v) is 4.67. The van der Waals surface area contributed by atoms with Crippen molar-refractivity contribution in [3.63, 3.8) is 0 Å². The van der Waals surface area contributed by atoms with E-state index in [1.807, 2.05) is 30.3 Å². The Labute approximate surface area is 127 Å². The number of benzene rings is 1. The van der Waals surface area contributed by atoms with E-state index in [2.05, 4.69) is 5.16 Å². The molecule has 2 rings (SSSR count). The molecule has 0 radical (unpaired) electrons. The van der Waals surface area contributed by atoms with E-state index in [1.165, 1.54) is 11.0 Å². The number of aromatic nitrogens is 1. The van der Waals surface area contributed by atoms with Gasteiger partial charge >= 0.3 is 5.97 Å². The van der Waals surface area contributed by atoms with Crippen LogP contribution in [0.3, 0.4) is 0 Å². The van der Waals surface area contributed by atoms with E-state index in [4.69, 9.17) is 9.63 Å². The third-order valence-electron chi connectivity index (χ3n) is 2.93. The topological polar surface area (TPSA) is 83.6 Å². The van der Waals surface area contributed by atoms with Crippen molar-refractivity contribution in [2.75, 3.05) is 11.4 Å². The Kier molecular flexibility index (Phi) is 5.08. The van der Waals surface area contributed by atoms with E-state index >= 15 is 0 Å². The predicted molar refractivity (Wildman–Crippen MR) is 81.3 cm³/mol. The van der Waals surface area contributed by atoms with Crippen LogP contribution in [0.15, 0.2) is 47.0 Å². The fourth-order valence-corrected chi connectivity index (χ4v) is 1.85. The van der Waals surface area contributed by atoms with Gasteiger partial charge in [0, 0.05) is 18.7 Å². The van der Waals surface area contributed by atoms with Gasteiger partial charge in [-0.3, -0.25) is 14.5 Å². The van der Waals surface area contributed by atoms with Crippen LogP contribution in [0.1, 0.15) is 17.7 Å². The van der Waals surface area contributed by atoms with Gasteiger partial charge in [0.05, 0.1) is 6.42 Å². The minimum atomic E-state index is -0.981. The van der Waals surface area contributed by atoms with Crippen LogP contribution in [0.2, 0.25) is 0 Å². The smallest absolute Gasteiger partial charge is 0.305 e. The number of aliphatic carboxylic acids is 1. The minimum Gasteiger partial charge on any atom is -0.481 e. The average Bonchev–Trinajstić information content (AvgIpc) is 2.92. The molecule has 0 fully saturated rings. The van der Waals surface area contributed by atoms with Gasteiger partial charge in [0.25, 0.3) is 5.91 Å². The van der Waals surface area contributed by atoms with Crippen LogP contribution in [0.5, 0.6) is 0 Å². The maximum Gasteiger partial charge on any atom is 0.305 e. The predicted octanol–water partition coefficient (Wildman–Crippen LogP) is 2.50. The summed E-state index contributed by atoms with van der Waals surface area (Å²) in [6.07, 6.45) is 2.89. The van der Waals surface area contributed by atoms with Crippen molar-refractivity contribution in [1.82, 2.24) is 5.16 Å². The first-order chi connectivity index (χ1) is 10.6. The third-order valence-corrected chi connectivity index (χ3v) is 2.93. The molecule has 0 aliphatic heterocycles. The van der Waals surface area contributed by atoms with Crippen LogP contribution in [0.25, 0.3) is 6.08 Å². The molecule has 1 aromatic carbocycles. The molecular formula is C16H16N2O4. The lowest BCUT2D eigenvalue weighted by molar-refractivity contribution is -0.136. The highest BCUT2D eigenvalue weighted by molar-refractivity contribution is 6.03. The van der Waals surface area contributed by atoms with Gasteiger partial charge in [-0.1, -0.05) is 35.5 Å². The number of nitrogens with zero attached hydrogens (tertiary/aromatic N) is 2. The first-order valence-corrected chi connectivity index (χ1v) is 6.76. The molecule has 0 aliphatic rings. The van der Waals surface area contributed by atoms with Crippen molar-refractivity contribution in [3.8, 4) is 0 Å². The molecule has 1 N–H and O–H groups in total. The normalized spacial score (nSPS) is 10.8. The number of carbonyl (C=O) groups is 2. The molecule has 1 aromatic heterocycles. The maximum atomic E-state index is 12.3. The molecule has 1 amide bonds. The number of amides is 1. The van der Waals surface area contributed by atoms with Crippen molar-refractivity contribution in [3.05, 3.63) is 53.8 Å². The van der Waals surface area contributed by atoms with Crippen molar-refractivity contribution in [1.29, 1.82) is 0 Å². The Morgan fingerprint density at radius 1 is 1.32 bits per heavy atom. The van der Waals surface area contributed by atoms with Crippen LogP contribution < -0.4 is 4.90 Å². The van der Waals surface area contributed by atoms with Crippen LogP contribution in [0.4, 0.5) is 5.82 Å². The Morgan fingerprint density at radius 3 is 2.64 bits per heavy atom. The maximum absolute atomic E-state index is 12.3. The fourth-order valence-electron chi connectivity index (χ4n) is 1.85. The Morgan fingerprint density at radius 2 is 2.05 bits per heavy atom. The number of hydrogen-bond donors (Lipinski definition) is 1. The molecule has 114 valence electrons. The van der Waals surface area contributed by atoms with E-state index in [9.17, 15) is 9.59 Å². The lowest BCUT2D eigenvalue weighted by atomic mass is 10.2. The van der Waals surface area contributed by atoms with Gasteiger partial charge in [0.2, 0.25) is 0 Å². The molecule has 0 spiro atoms. The standard InChI is InChI=1S/C16H16N2O4/c1-12-11-14(17-22-12)18(10-9-16(20)21)15(19)8-7-13-5-3-2-4-6-13/h2-8,11H,9-10H2,1H3,(H,20,21)/b8-7+. The van der Waals surface area contributed by atoms with E-state index in [-0.39, 0.29) is 18.9 Å². The molecule has 0 unspecified atom stereocenters. The second kappa shape index (κ2) is 7.21. The average molecular weight is 300 g/mol. The number of carboxylic acid groups (broad SMARTS) is 1. The Hall–Kier alpha value is -2.89. The van der Waals surface area contributed by atoms with Crippen LogP contribution in [-0.4, -0.2) is 28.7 Å². The lowest BCUT2D eigenvalue weighted by Crippen LogP contribution is -2.31. The van der Waals surface area contributed by atoms with E-state index in [1.54, 1.807) is 19.1 Å². The Balaban J connectivity index is 2.15. The molecular weight excluding hydrogens is 284 g/mol. The number of hydrogen-bond acceptors (Lipinski definition) is 4. The number of rotatable bonds is 6. The number of carboxylic acids is 1. The summed E-state index contributed by atoms with van der Waals surface area (Å²) in [7, 11) is 0. The molecule has 22 heavy (non-hydrogen) atoms. The lowest BCUT2D eigenvalue weighted by Gasteiger charge is -2.16. The monoisotopic (exact) mass is 300 g/mol. The van der Waals surface area contributed by atoms with E-state index in [0.717, 1.165) is 5.56 Å². The number of aryl methyl sites for hydroxylation is 1. The van der Waals surface area contributed by atoms with Gasteiger partial charge < -0.3 is 9.63 Å². The largest absolute Gasteiger partial charge is 0.481 e. The van der Waals surface area contributed by atoms with Crippen molar-refractivity contribution < 1.29 is 19.2 Å². The van der Waals surface area contributed by atoms with E-state index < -0.39 is 5.97 Å². The minimum absolute atomic E-state index is 0.0271. The molecule has 1 heterocycles. The highest BCUT2D eigenvalue weighted by Gasteiger charge is 2.18. The van der Waals surface area contributed by atoms with Crippen molar-refractivity contribution in [2.45, 2.75) is 13.3 Å². The summed E-state index contributed by atoms with van der Waals surface area (Å²) in [6, 6.07) is 10.9. The molecule has 2 aromatic rings. The summed E-state index contributed by atoms with van der Waals surface area (Å²) in [5.41, 5.74) is 0.880. The van der Waals surface area contributed by atoms with Crippen molar-refractivity contribution >= 4 is 23.8 Å². The molecule has 0 saturated heterocycles. The van der Waals surface area contributed by atoms with Crippen LogP contribution in [0, 0.1) is 6.92 Å². The number of carbonyl (C=O) groups excluding carboxylic acids is 1. The molecule has 6 heteroatoms. The van der Waals surface area contributed by atoms with Crippen LogP contribution in [-0.2, 0) is 9.59 Å². The Bertz CT molecular complexity index is 676. The zero-order valence-electron chi connectivity index (χ0n) is 12.1. The first-order valence-electron chi connectivity index (χ1n) is 6.76. The van der Waals surface area contributed by atoms with Crippen molar-refractivity contribution in [2.24, 2.45) is 0 Å². The van der Waals surface area contributed by atoms with Gasteiger partial charge in [0.1, 0.15) is 5.76 Å². The molecule has 0 saturated carbocycles. The SMILES string of the molecule is Cc1cc(N(CCC(=O)O)C(=O)/C=C/c2ccccc2)no1. The zero-order chi connectivity index (χ0) is 15.9. The summed E-state index contributed by atoms with van der Waals surface area (Å²) >= 11 is 0. The molecule has 0 bridgehead atoms. The van der Waals surface area contributed by atoms with Gasteiger partial charge in [-0.15, -0.1) is 0 Å². The fraction of sp³-hybridized carbons (Fsp3) is 0.188. The molecule has 0 atom stereocenters. The van der Waals surface area contributed by atoms with Gasteiger partial charge in [-0.2, -0.15) is 0 Å². The summed E-state index contributed by atoms with van der Waals surface area (Å²) in [6.45, 7) is 1.73. The van der Waals surface area contributed by atoms with E-state index in [0.29, 0.717) is 11.6 Å². The van der Waals surface area contributed by atoms with Gasteiger partial charge in [0.15, 0.2) is 5.82 Å². The summed E-state index contributed by atoms with van der Waals surface area (Å²) in [5.74, 6) is -0.472. The zero-order valence-corrected chi connectivity index (χ0v) is 12.1. The molecule has 0 aliphatic carbocycles. The van der Waals surface area contributed by atoms with Gasteiger partial charge in [-0.05, 0) is 18.6 Å². The third kappa shape index (κ3) is 4.31. The van der Waals surface area contributed by atoms with Crippen LogP contribution >= 0.6 is 0 Å². The highest BCUT2D eigenvalue weighted by atomic mass is 16.5. The first kappa shape index (κ1) is 15.5. The highest BCUT2D eigenvalue weighted by Crippen LogP contribution is 2.15. The summed E-state index contributed by atoms with van der Waals surface area (Å²) < 4.78 is 4.95. The second-order valence-electron chi connectivity index (χ2n) is 4.67. The number of anilines is 1. The molecule has 6 nitrogen and oxygen atoms in total.